The van der Waals surface area contributed by atoms with Gasteiger partial charge in [-0.2, -0.15) is 9.78 Å². The van der Waals surface area contributed by atoms with Crippen molar-refractivity contribution in [3.05, 3.63) is 95.8 Å². The molecule has 0 aliphatic rings. The number of tetrazole rings is 1. The number of hydrogen-bond acceptors (Lipinski definition) is 7. The molecule has 0 fully saturated rings. The second kappa shape index (κ2) is 11.4. The van der Waals surface area contributed by atoms with E-state index in [2.05, 4.69) is 20.6 Å². The Kier molecular flexibility index (Phi) is 7.72. The topological polar surface area (TPSA) is 121 Å². The number of benzene rings is 2. The highest BCUT2D eigenvalue weighted by Crippen LogP contribution is 2.31. The molecule has 1 N–H and O–H groups in total. The molecule has 0 bridgehead atoms. The minimum atomic E-state index is -0.960. The molecule has 0 aliphatic carbocycles. The predicted octanol–water partition coefficient (Wildman–Crippen LogP) is 5.73. The fraction of sp³-hybridized carbons (Fsp3) is 0.241. The SMILES string of the molecule is CC(C)(C)OCCC(c1ccc(-c2cc(Cl)ccc2-n2cnnn2)cn1)n1cc(-c2ccc(C(=O)O)cc2)cn1. The van der Waals surface area contributed by atoms with E-state index in [9.17, 15) is 9.90 Å². The van der Waals surface area contributed by atoms with Gasteiger partial charge in [0.2, 0.25) is 0 Å². The Labute approximate surface area is 236 Å². The van der Waals surface area contributed by atoms with Crippen LogP contribution in [0, 0.1) is 0 Å². The number of rotatable bonds is 9. The third-order valence-electron chi connectivity index (χ3n) is 6.31. The third-order valence-corrected chi connectivity index (χ3v) is 6.54. The lowest BCUT2D eigenvalue weighted by atomic mass is 10.0. The Hall–Kier alpha value is -4.41. The lowest BCUT2D eigenvalue weighted by Crippen LogP contribution is -2.22. The van der Waals surface area contributed by atoms with Crippen molar-refractivity contribution in [2.75, 3.05) is 6.61 Å². The number of carbonyl (C=O) groups is 1. The molecule has 0 aliphatic heterocycles. The molecule has 40 heavy (non-hydrogen) atoms. The van der Waals surface area contributed by atoms with Crippen molar-refractivity contribution in [2.24, 2.45) is 0 Å². The first-order valence-electron chi connectivity index (χ1n) is 12.7. The summed E-state index contributed by atoms with van der Waals surface area (Å²) in [5.74, 6) is -0.960. The summed E-state index contributed by atoms with van der Waals surface area (Å²) in [5, 5.41) is 25.9. The summed E-state index contributed by atoms with van der Waals surface area (Å²) in [5.41, 5.74) is 5.02. The lowest BCUT2D eigenvalue weighted by Gasteiger charge is -2.23. The highest BCUT2D eigenvalue weighted by molar-refractivity contribution is 6.31. The van der Waals surface area contributed by atoms with Gasteiger partial charge in [-0.1, -0.05) is 29.8 Å². The van der Waals surface area contributed by atoms with Gasteiger partial charge in [-0.3, -0.25) is 9.67 Å². The Balaban J connectivity index is 1.46. The van der Waals surface area contributed by atoms with Gasteiger partial charge in [0.25, 0.3) is 0 Å². The van der Waals surface area contributed by atoms with Gasteiger partial charge in [-0.25, -0.2) is 4.79 Å². The minimum absolute atomic E-state index is 0.193. The number of hydrogen-bond donors (Lipinski definition) is 1. The number of carboxylic acids is 1. The van der Waals surface area contributed by atoms with Crippen LogP contribution >= 0.6 is 11.6 Å². The van der Waals surface area contributed by atoms with E-state index < -0.39 is 5.97 Å². The molecule has 10 nitrogen and oxygen atoms in total. The number of carboxylic acid groups (broad SMARTS) is 1. The van der Waals surface area contributed by atoms with Crippen LogP contribution in [-0.4, -0.2) is 58.3 Å². The van der Waals surface area contributed by atoms with Crippen LogP contribution in [0.1, 0.15) is 49.3 Å². The molecule has 5 rings (SSSR count). The molecule has 1 unspecified atom stereocenters. The number of nitrogens with zero attached hydrogens (tertiary/aromatic N) is 7. The molecule has 1 atom stereocenters. The fourth-order valence-corrected chi connectivity index (χ4v) is 4.50. The van der Waals surface area contributed by atoms with Crippen LogP contribution < -0.4 is 0 Å². The second-order valence-electron chi connectivity index (χ2n) is 10.2. The predicted molar refractivity (Wildman–Crippen MR) is 150 cm³/mol. The highest BCUT2D eigenvalue weighted by Gasteiger charge is 2.20. The molecule has 5 aromatic rings. The largest absolute Gasteiger partial charge is 0.478 e. The van der Waals surface area contributed by atoms with Gasteiger partial charge in [0.15, 0.2) is 0 Å². The Bertz CT molecular complexity index is 1590. The monoisotopic (exact) mass is 557 g/mol. The second-order valence-corrected chi connectivity index (χ2v) is 10.7. The normalized spacial score (nSPS) is 12.4. The highest BCUT2D eigenvalue weighted by atomic mass is 35.5. The van der Waals surface area contributed by atoms with Gasteiger partial charge in [-0.05, 0) is 79.6 Å². The van der Waals surface area contributed by atoms with Crippen LogP contribution in [0.4, 0.5) is 0 Å². The first-order valence-corrected chi connectivity index (χ1v) is 13.1. The zero-order chi connectivity index (χ0) is 28.3. The first kappa shape index (κ1) is 27.2. The lowest BCUT2D eigenvalue weighted by molar-refractivity contribution is -0.00766. The van der Waals surface area contributed by atoms with Crippen LogP contribution in [0.15, 0.2) is 79.5 Å². The van der Waals surface area contributed by atoms with Crippen LogP contribution in [0.3, 0.4) is 0 Å². The van der Waals surface area contributed by atoms with E-state index in [0.29, 0.717) is 18.1 Å². The third kappa shape index (κ3) is 6.24. The Morgan fingerprint density at radius 1 is 1.02 bits per heavy atom. The molecule has 2 aromatic carbocycles. The number of ether oxygens (including phenoxy) is 1. The van der Waals surface area contributed by atoms with Crippen LogP contribution in [0.25, 0.3) is 27.9 Å². The summed E-state index contributed by atoms with van der Waals surface area (Å²) < 4.78 is 9.49. The Morgan fingerprint density at radius 3 is 2.45 bits per heavy atom. The van der Waals surface area contributed by atoms with Gasteiger partial charge in [-0.15, -0.1) is 5.10 Å². The molecule has 0 amide bonds. The van der Waals surface area contributed by atoms with Crippen LogP contribution in [0.5, 0.6) is 0 Å². The van der Waals surface area contributed by atoms with Crippen LogP contribution in [0.2, 0.25) is 5.02 Å². The molecule has 0 radical (unpaired) electrons. The van der Waals surface area contributed by atoms with Crippen molar-refractivity contribution in [2.45, 2.75) is 38.8 Å². The first-order chi connectivity index (χ1) is 19.2. The summed E-state index contributed by atoms with van der Waals surface area (Å²) in [7, 11) is 0. The van der Waals surface area contributed by atoms with Gasteiger partial charge in [0.1, 0.15) is 6.33 Å². The van der Waals surface area contributed by atoms with E-state index in [4.69, 9.17) is 21.3 Å². The van der Waals surface area contributed by atoms with E-state index in [0.717, 1.165) is 33.6 Å². The minimum Gasteiger partial charge on any atom is -0.478 e. The molecule has 0 saturated carbocycles. The zero-order valence-corrected chi connectivity index (χ0v) is 23.0. The van der Waals surface area contributed by atoms with Crippen molar-refractivity contribution in [3.63, 3.8) is 0 Å². The molecule has 0 spiro atoms. The number of aromatic nitrogens is 7. The summed E-state index contributed by atoms with van der Waals surface area (Å²) in [4.78, 5) is 16.1. The molecule has 11 heteroatoms. The summed E-state index contributed by atoms with van der Waals surface area (Å²) in [6.45, 7) is 6.58. The molecule has 3 heterocycles. The van der Waals surface area contributed by atoms with Gasteiger partial charge in [0.05, 0.1) is 34.8 Å². The maximum Gasteiger partial charge on any atom is 0.335 e. The van der Waals surface area contributed by atoms with Crippen LogP contribution in [-0.2, 0) is 4.74 Å². The molecule has 204 valence electrons. The smallest absolute Gasteiger partial charge is 0.335 e. The van der Waals surface area contributed by atoms with Crippen molar-refractivity contribution in [1.82, 2.24) is 35.0 Å². The summed E-state index contributed by atoms with van der Waals surface area (Å²) in [6, 6.07) is 16.0. The summed E-state index contributed by atoms with van der Waals surface area (Å²) in [6.07, 6.45) is 7.70. The fourth-order valence-electron chi connectivity index (χ4n) is 4.33. The van der Waals surface area contributed by atoms with Crippen molar-refractivity contribution in [1.29, 1.82) is 0 Å². The maximum atomic E-state index is 11.2. The Morgan fingerprint density at radius 2 is 1.80 bits per heavy atom. The number of aromatic carboxylic acids is 1. The van der Waals surface area contributed by atoms with Gasteiger partial charge < -0.3 is 9.84 Å². The van der Waals surface area contributed by atoms with E-state index in [1.165, 1.54) is 6.33 Å². The average molecular weight is 558 g/mol. The van der Waals surface area contributed by atoms with Gasteiger partial charge in [0, 0.05) is 40.7 Å². The summed E-state index contributed by atoms with van der Waals surface area (Å²) >= 11 is 6.32. The molecular formula is C29H28ClN7O3. The molecule has 0 saturated heterocycles. The van der Waals surface area contributed by atoms with E-state index >= 15 is 0 Å². The average Bonchev–Trinajstić information content (AvgIpc) is 3.64. The number of pyridine rings is 1. The maximum absolute atomic E-state index is 11.2. The van der Waals surface area contributed by atoms with E-state index in [1.807, 2.05) is 62.1 Å². The van der Waals surface area contributed by atoms with Crippen molar-refractivity contribution >= 4 is 17.6 Å². The molecular weight excluding hydrogens is 530 g/mol. The van der Waals surface area contributed by atoms with Crippen molar-refractivity contribution in [3.8, 4) is 27.9 Å². The van der Waals surface area contributed by atoms with E-state index in [-0.39, 0.29) is 17.2 Å². The van der Waals surface area contributed by atoms with Gasteiger partial charge >= 0.3 is 5.97 Å². The zero-order valence-electron chi connectivity index (χ0n) is 22.3. The molecule has 3 aromatic heterocycles. The standard InChI is InChI=1S/C29H28ClN7O3/c1-29(2,3)40-13-12-27(36-17-22(16-33-36)19-4-6-20(7-5-19)28(38)39)25-10-8-21(15-31-25)24-14-23(30)9-11-26(24)37-18-32-34-35-37/h4-11,14-18,27H,12-13H2,1-3H3,(H,38,39). The van der Waals surface area contributed by atoms with Crippen molar-refractivity contribution < 1.29 is 14.6 Å². The quantitative estimate of drug-likeness (QED) is 0.244. The van der Waals surface area contributed by atoms with E-state index in [1.54, 1.807) is 41.2 Å². The number of halogens is 1.